The molecule has 0 unspecified atom stereocenters. The fraction of sp³-hybridized carbons (Fsp3) is 0.500. The van der Waals surface area contributed by atoms with Gasteiger partial charge in [0.15, 0.2) is 0 Å². The summed E-state index contributed by atoms with van der Waals surface area (Å²) in [4.78, 5) is 8.90. The molecule has 6 heteroatoms. The van der Waals surface area contributed by atoms with E-state index in [4.69, 9.17) is 9.90 Å². The zero-order valence-corrected chi connectivity index (χ0v) is 9.19. The van der Waals surface area contributed by atoms with Gasteiger partial charge in [0.1, 0.15) is 0 Å². The number of carbonyl (C=O) groups is 1. The summed E-state index contributed by atoms with van der Waals surface area (Å²) in [7, 11) is 0. The minimum atomic E-state index is -5.08. The molecule has 0 rings (SSSR count). The molecule has 0 saturated carbocycles. The van der Waals surface area contributed by atoms with Gasteiger partial charge in [-0.25, -0.2) is 4.79 Å². The van der Waals surface area contributed by atoms with Crippen LogP contribution >= 0.6 is 0 Å². The van der Waals surface area contributed by atoms with Crippen LogP contribution in [0.3, 0.4) is 0 Å². The molecule has 0 aliphatic rings. The minimum absolute atomic E-state index is 0. The normalized spacial score (nSPS) is 9.88. The molecule has 0 fully saturated rings. The van der Waals surface area contributed by atoms with Crippen molar-refractivity contribution in [3.8, 4) is 0 Å². The van der Waals surface area contributed by atoms with Crippen LogP contribution < -0.4 is 0 Å². The molecule has 0 aromatic heterocycles. The molecule has 2 nitrogen and oxygen atoms in total. The van der Waals surface area contributed by atoms with E-state index in [2.05, 4.69) is 0 Å². The standard InChI is InChI=1S/C2HF3O2.Pb.2H/c3-2(4,5)1(6)7;;;/h(H,6,7);;;. The van der Waals surface area contributed by atoms with Crippen molar-refractivity contribution in [3.63, 3.8) is 0 Å². The van der Waals surface area contributed by atoms with E-state index in [1.54, 1.807) is 0 Å². The van der Waals surface area contributed by atoms with Gasteiger partial charge in [0.05, 0.1) is 0 Å². The van der Waals surface area contributed by atoms with Gasteiger partial charge in [-0.3, -0.25) is 0 Å². The predicted molar refractivity (Wildman–Crippen MR) is 22.2 cm³/mol. The van der Waals surface area contributed by atoms with Gasteiger partial charge in [-0.2, -0.15) is 13.2 Å². The summed E-state index contributed by atoms with van der Waals surface area (Å²) in [6, 6.07) is 0. The van der Waals surface area contributed by atoms with Crippen LogP contribution in [0.4, 0.5) is 13.2 Å². The summed E-state index contributed by atoms with van der Waals surface area (Å²) in [6.07, 6.45) is -5.08. The Bertz CT molecular complexity index is 87.8. The van der Waals surface area contributed by atoms with Crippen molar-refractivity contribution in [1.82, 2.24) is 0 Å². The maximum absolute atomic E-state index is 10.6. The van der Waals surface area contributed by atoms with Crippen LogP contribution in [-0.2, 0) is 4.79 Å². The van der Waals surface area contributed by atoms with Gasteiger partial charge >= 0.3 is 39.4 Å². The van der Waals surface area contributed by atoms with Crippen molar-refractivity contribution in [2.45, 2.75) is 6.18 Å². The fourth-order valence-corrected chi connectivity index (χ4v) is 0. The van der Waals surface area contributed by atoms with Crippen LogP contribution in [0.5, 0.6) is 0 Å². The number of carboxylic acids is 1. The molecule has 0 bridgehead atoms. The van der Waals surface area contributed by atoms with Gasteiger partial charge in [0, 0.05) is 0 Å². The Balaban J connectivity index is 0. The Morgan fingerprint density at radius 3 is 1.50 bits per heavy atom. The number of aliphatic carboxylic acids is 1. The summed E-state index contributed by atoms with van der Waals surface area (Å²) in [5, 5.41) is 7.12. The van der Waals surface area contributed by atoms with Crippen molar-refractivity contribution in [1.29, 1.82) is 0 Å². The third-order valence-electron chi connectivity index (χ3n) is 0.243. The van der Waals surface area contributed by atoms with E-state index >= 15 is 0 Å². The zero-order chi connectivity index (χ0) is 6.08. The van der Waals surface area contributed by atoms with Crippen molar-refractivity contribution >= 4 is 33.3 Å². The van der Waals surface area contributed by atoms with E-state index in [0.29, 0.717) is 0 Å². The molecule has 0 aliphatic carbocycles. The first-order chi connectivity index (χ1) is 2.94. The van der Waals surface area contributed by atoms with Crippen molar-refractivity contribution in [2.75, 3.05) is 0 Å². The average molecular weight is 323 g/mol. The SMILES string of the molecule is O=C(O)C(F)(F)F.[PbH2]. The number of halogens is 3. The van der Waals surface area contributed by atoms with Crippen LogP contribution in [0.2, 0.25) is 0 Å². The van der Waals surface area contributed by atoms with Crippen LogP contribution in [0.1, 0.15) is 0 Å². The number of hydrogen-bond donors (Lipinski definition) is 1. The molecule has 0 amide bonds. The second kappa shape index (κ2) is 3.26. The van der Waals surface area contributed by atoms with Gasteiger partial charge < -0.3 is 5.11 Å². The van der Waals surface area contributed by atoms with Crippen molar-refractivity contribution in [2.24, 2.45) is 0 Å². The van der Waals surface area contributed by atoms with Gasteiger partial charge in [-0.1, -0.05) is 0 Å². The molecule has 0 aromatic rings. The Morgan fingerprint density at radius 2 is 1.50 bits per heavy atom. The van der Waals surface area contributed by atoms with E-state index in [1.165, 1.54) is 0 Å². The average Bonchev–Trinajstić information content (AvgIpc) is 1.31. The Kier molecular flexibility index (Phi) is 4.49. The van der Waals surface area contributed by atoms with Gasteiger partial charge in [-0.15, -0.1) is 0 Å². The Hall–Kier alpha value is 0.182. The first-order valence-corrected chi connectivity index (χ1v) is 1.24. The number of rotatable bonds is 0. The first kappa shape index (κ1) is 11.0. The summed E-state index contributed by atoms with van der Waals surface area (Å²) < 4.78 is 31.7. The predicted octanol–water partition coefficient (Wildman–Crippen LogP) is -0.283. The van der Waals surface area contributed by atoms with Crippen molar-refractivity contribution < 1.29 is 23.1 Å². The van der Waals surface area contributed by atoms with Crippen LogP contribution in [0.25, 0.3) is 0 Å². The van der Waals surface area contributed by atoms with Gasteiger partial charge in [0.2, 0.25) is 0 Å². The second-order valence-corrected chi connectivity index (χ2v) is 0.803. The molecule has 2 radical (unpaired) electrons. The van der Waals surface area contributed by atoms with Crippen molar-refractivity contribution in [3.05, 3.63) is 0 Å². The number of hydrogen-bond acceptors (Lipinski definition) is 1. The summed E-state index contributed by atoms with van der Waals surface area (Å²) in [5.41, 5.74) is 0. The van der Waals surface area contributed by atoms with Gasteiger partial charge in [0.25, 0.3) is 0 Å². The third-order valence-corrected chi connectivity index (χ3v) is 0.243. The fourth-order valence-electron chi connectivity index (χ4n) is 0. The Morgan fingerprint density at radius 1 is 1.38 bits per heavy atom. The Labute approximate surface area is 62.8 Å². The molecular formula is C2H3F3O2Pb. The topological polar surface area (TPSA) is 37.3 Å². The maximum atomic E-state index is 10.6. The number of carboxylic acid groups (broad SMARTS) is 1. The monoisotopic (exact) mass is 324 g/mol. The molecule has 8 heavy (non-hydrogen) atoms. The molecule has 0 heterocycles. The second-order valence-electron chi connectivity index (χ2n) is 0.803. The molecule has 0 aliphatic heterocycles. The van der Waals surface area contributed by atoms with E-state index in [1.807, 2.05) is 0 Å². The molecule has 0 spiro atoms. The zero-order valence-electron chi connectivity index (χ0n) is 3.70. The third kappa shape index (κ3) is 4.34. The summed E-state index contributed by atoms with van der Waals surface area (Å²) in [6.45, 7) is 0. The number of alkyl halides is 3. The van der Waals surface area contributed by atoms with Crippen LogP contribution in [-0.4, -0.2) is 44.6 Å². The van der Waals surface area contributed by atoms with E-state index < -0.39 is 12.1 Å². The summed E-state index contributed by atoms with van der Waals surface area (Å²) in [5.74, 6) is -2.76. The van der Waals surface area contributed by atoms with Crippen LogP contribution in [0, 0.1) is 0 Å². The van der Waals surface area contributed by atoms with Gasteiger partial charge in [-0.05, 0) is 0 Å². The van der Waals surface area contributed by atoms with E-state index in [-0.39, 0.29) is 27.3 Å². The molecule has 48 valence electrons. The van der Waals surface area contributed by atoms with Crippen LogP contribution in [0.15, 0.2) is 0 Å². The molecule has 0 atom stereocenters. The molecule has 0 aromatic carbocycles. The van der Waals surface area contributed by atoms with E-state index in [9.17, 15) is 13.2 Å². The summed E-state index contributed by atoms with van der Waals surface area (Å²) >= 11 is 0. The molecule has 1 N–H and O–H groups in total. The quantitative estimate of drug-likeness (QED) is 0.623. The molecule has 0 saturated heterocycles. The first-order valence-electron chi connectivity index (χ1n) is 1.24. The van der Waals surface area contributed by atoms with E-state index in [0.717, 1.165) is 0 Å². The molecular weight excluding hydrogens is 320 g/mol.